The Kier molecular flexibility index (Phi) is 3.50. The van der Waals surface area contributed by atoms with Gasteiger partial charge in [-0.25, -0.2) is 0 Å². The van der Waals surface area contributed by atoms with Gasteiger partial charge in [0.2, 0.25) is 0 Å². The summed E-state index contributed by atoms with van der Waals surface area (Å²) in [5, 5.41) is 9.45. The zero-order valence-electron chi connectivity index (χ0n) is 10.6. The van der Waals surface area contributed by atoms with Crippen molar-refractivity contribution in [2.24, 2.45) is 5.41 Å². The minimum Gasteiger partial charge on any atom is -0.480 e. The topological polar surface area (TPSA) is 54.4 Å². The molecule has 1 fully saturated rings. The van der Waals surface area contributed by atoms with Crippen molar-refractivity contribution in [2.45, 2.75) is 39.0 Å². The van der Waals surface area contributed by atoms with E-state index in [1.54, 1.807) is 12.1 Å². The van der Waals surface area contributed by atoms with E-state index in [0.29, 0.717) is 18.4 Å². The molecule has 1 aromatic carbocycles. The van der Waals surface area contributed by atoms with Crippen LogP contribution in [0.4, 0.5) is 0 Å². The van der Waals surface area contributed by atoms with Crippen LogP contribution in [0, 0.1) is 12.3 Å². The standard InChI is InChI=1S/C15H18O3/c1-11-5-7-12(8-6-11)13(16)15(14(17)18)9-3-2-4-10-15/h5-8H,2-4,9-10H2,1H3,(H,17,18). The second-order valence-corrected chi connectivity index (χ2v) is 5.14. The number of carbonyl (C=O) groups is 2. The average molecular weight is 246 g/mol. The van der Waals surface area contributed by atoms with Gasteiger partial charge in [0, 0.05) is 5.56 Å². The van der Waals surface area contributed by atoms with Crippen LogP contribution >= 0.6 is 0 Å². The van der Waals surface area contributed by atoms with E-state index in [1.165, 1.54) is 0 Å². The third-order valence-electron chi connectivity index (χ3n) is 3.86. The molecule has 0 bridgehead atoms. The summed E-state index contributed by atoms with van der Waals surface area (Å²) in [6.45, 7) is 1.95. The van der Waals surface area contributed by atoms with E-state index < -0.39 is 11.4 Å². The van der Waals surface area contributed by atoms with Crippen LogP contribution in [0.2, 0.25) is 0 Å². The Morgan fingerprint density at radius 2 is 1.61 bits per heavy atom. The number of benzene rings is 1. The Hall–Kier alpha value is -1.64. The van der Waals surface area contributed by atoms with Crippen molar-refractivity contribution < 1.29 is 14.7 Å². The van der Waals surface area contributed by atoms with Crippen molar-refractivity contribution in [2.75, 3.05) is 0 Å². The minimum absolute atomic E-state index is 0.227. The van der Waals surface area contributed by atoms with Crippen LogP contribution < -0.4 is 0 Å². The molecule has 0 unspecified atom stereocenters. The molecule has 0 saturated heterocycles. The van der Waals surface area contributed by atoms with E-state index >= 15 is 0 Å². The fourth-order valence-corrected chi connectivity index (χ4v) is 2.67. The first-order chi connectivity index (χ1) is 8.56. The molecule has 0 heterocycles. The molecular weight excluding hydrogens is 228 g/mol. The second-order valence-electron chi connectivity index (χ2n) is 5.14. The van der Waals surface area contributed by atoms with Crippen molar-refractivity contribution in [1.29, 1.82) is 0 Å². The molecule has 0 aromatic heterocycles. The third kappa shape index (κ3) is 2.17. The quantitative estimate of drug-likeness (QED) is 0.658. The molecule has 1 N–H and O–H groups in total. The first-order valence-electron chi connectivity index (χ1n) is 6.41. The number of Topliss-reactive ketones (excluding diaryl/α,β-unsaturated/α-hetero) is 1. The molecule has 0 radical (unpaired) electrons. The second kappa shape index (κ2) is 4.92. The van der Waals surface area contributed by atoms with Crippen LogP contribution in [0.25, 0.3) is 0 Å². The molecular formula is C15H18O3. The van der Waals surface area contributed by atoms with Gasteiger partial charge in [-0.3, -0.25) is 9.59 Å². The van der Waals surface area contributed by atoms with Crippen LogP contribution in [0.3, 0.4) is 0 Å². The molecule has 3 heteroatoms. The van der Waals surface area contributed by atoms with E-state index in [-0.39, 0.29) is 5.78 Å². The molecule has 0 amide bonds. The lowest BCUT2D eigenvalue weighted by atomic mass is 9.69. The van der Waals surface area contributed by atoms with Crippen molar-refractivity contribution in [3.63, 3.8) is 0 Å². The number of hydrogen-bond donors (Lipinski definition) is 1. The first kappa shape index (κ1) is 12.8. The van der Waals surface area contributed by atoms with Gasteiger partial charge in [0.15, 0.2) is 5.78 Å². The number of carboxylic acid groups (broad SMARTS) is 1. The Morgan fingerprint density at radius 1 is 1.06 bits per heavy atom. The third-order valence-corrected chi connectivity index (χ3v) is 3.86. The van der Waals surface area contributed by atoms with E-state index in [9.17, 15) is 14.7 Å². The first-order valence-corrected chi connectivity index (χ1v) is 6.41. The molecule has 0 spiro atoms. The highest BCUT2D eigenvalue weighted by atomic mass is 16.4. The Labute approximate surface area is 107 Å². The predicted octanol–water partition coefficient (Wildman–Crippen LogP) is 3.21. The summed E-state index contributed by atoms with van der Waals surface area (Å²) in [6.07, 6.45) is 3.61. The summed E-state index contributed by atoms with van der Waals surface area (Å²) in [4.78, 5) is 24.0. The van der Waals surface area contributed by atoms with Gasteiger partial charge < -0.3 is 5.11 Å². The maximum atomic E-state index is 12.5. The SMILES string of the molecule is Cc1ccc(C(=O)C2(C(=O)O)CCCCC2)cc1. The summed E-state index contributed by atoms with van der Waals surface area (Å²) < 4.78 is 0. The highest BCUT2D eigenvalue weighted by Crippen LogP contribution is 2.39. The van der Waals surface area contributed by atoms with E-state index in [0.717, 1.165) is 24.8 Å². The number of hydrogen-bond acceptors (Lipinski definition) is 2. The van der Waals surface area contributed by atoms with Crippen LogP contribution in [-0.2, 0) is 4.79 Å². The number of ketones is 1. The van der Waals surface area contributed by atoms with Crippen LogP contribution in [0.15, 0.2) is 24.3 Å². The molecule has 0 atom stereocenters. The highest BCUT2D eigenvalue weighted by molar-refractivity contribution is 6.12. The van der Waals surface area contributed by atoms with Crippen molar-refractivity contribution in [3.8, 4) is 0 Å². The number of aliphatic carboxylic acids is 1. The Morgan fingerprint density at radius 3 is 2.11 bits per heavy atom. The van der Waals surface area contributed by atoms with Gasteiger partial charge in [-0.1, -0.05) is 49.1 Å². The highest BCUT2D eigenvalue weighted by Gasteiger charge is 2.46. The normalized spacial score (nSPS) is 18.3. The monoisotopic (exact) mass is 246 g/mol. The van der Waals surface area contributed by atoms with E-state index in [1.807, 2.05) is 19.1 Å². The fraction of sp³-hybridized carbons (Fsp3) is 0.467. The molecule has 0 aliphatic heterocycles. The molecule has 1 aliphatic rings. The Bertz CT molecular complexity index is 453. The lowest BCUT2D eigenvalue weighted by Crippen LogP contribution is -2.41. The maximum Gasteiger partial charge on any atom is 0.317 e. The largest absolute Gasteiger partial charge is 0.480 e. The van der Waals surface area contributed by atoms with Gasteiger partial charge in [0.05, 0.1) is 0 Å². The zero-order valence-corrected chi connectivity index (χ0v) is 10.6. The molecule has 1 aromatic rings. The van der Waals surface area contributed by atoms with Crippen LogP contribution in [-0.4, -0.2) is 16.9 Å². The molecule has 96 valence electrons. The molecule has 3 nitrogen and oxygen atoms in total. The lowest BCUT2D eigenvalue weighted by molar-refractivity contribution is -0.147. The smallest absolute Gasteiger partial charge is 0.317 e. The number of aryl methyl sites for hydroxylation is 1. The zero-order chi connectivity index (χ0) is 13.2. The fourth-order valence-electron chi connectivity index (χ4n) is 2.67. The minimum atomic E-state index is -1.19. The van der Waals surface area contributed by atoms with Crippen molar-refractivity contribution in [1.82, 2.24) is 0 Å². The van der Waals surface area contributed by atoms with Crippen molar-refractivity contribution >= 4 is 11.8 Å². The average Bonchev–Trinajstić information content (AvgIpc) is 2.39. The van der Waals surface area contributed by atoms with E-state index in [4.69, 9.17) is 0 Å². The predicted molar refractivity (Wildman–Crippen MR) is 68.7 cm³/mol. The summed E-state index contributed by atoms with van der Waals surface area (Å²) in [5.74, 6) is -1.19. The summed E-state index contributed by atoms with van der Waals surface area (Å²) in [5.41, 5.74) is 0.400. The lowest BCUT2D eigenvalue weighted by Gasteiger charge is -2.31. The maximum absolute atomic E-state index is 12.5. The van der Waals surface area contributed by atoms with Gasteiger partial charge in [-0.15, -0.1) is 0 Å². The number of carboxylic acids is 1. The van der Waals surface area contributed by atoms with Gasteiger partial charge in [0.25, 0.3) is 0 Å². The van der Waals surface area contributed by atoms with Crippen LogP contribution in [0.5, 0.6) is 0 Å². The molecule has 1 aliphatic carbocycles. The van der Waals surface area contributed by atoms with Gasteiger partial charge in [-0.2, -0.15) is 0 Å². The molecule has 1 saturated carbocycles. The van der Waals surface area contributed by atoms with Crippen LogP contribution in [0.1, 0.15) is 48.0 Å². The number of carbonyl (C=O) groups excluding carboxylic acids is 1. The summed E-state index contributed by atoms with van der Waals surface area (Å²) >= 11 is 0. The molecule has 2 rings (SSSR count). The number of rotatable bonds is 3. The summed E-state index contributed by atoms with van der Waals surface area (Å²) in [6, 6.07) is 7.17. The summed E-state index contributed by atoms with van der Waals surface area (Å²) in [7, 11) is 0. The molecule has 18 heavy (non-hydrogen) atoms. The van der Waals surface area contributed by atoms with Crippen molar-refractivity contribution in [3.05, 3.63) is 35.4 Å². The van der Waals surface area contributed by atoms with Gasteiger partial charge in [-0.05, 0) is 19.8 Å². The van der Waals surface area contributed by atoms with Gasteiger partial charge >= 0.3 is 5.97 Å². The van der Waals surface area contributed by atoms with Gasteiger partial charge in [0.1, 0.15) is 5.41 Å². The van der Waals surface area contributed by atoms with E-state index in [2.05, 4.69) is 0 Å². The Balaban J connectivity index is 2.34.